The van der Waals surface area contributed by atoms with E-state index in [9.17, 15) is 8.42 Å². The van der Waals surface area contributed by atoms with Crippen LogP contribution in [0.5, 0.6) is 0 Å². The summed E-state index contributed by atoms with van der Waals surface area (Å²) >= 11 is 7.39. The maximum Gasteiger partial charge on any atom is 0.214 e. The van der Waals surface area contributed by atoms with Crippen molar-refractivity contribution in [2.45, 2.75) is 18.6 Å². The lowest BCUT2D eigenvalue weighted by atomic mass is 10.2. The number of nitrogens with zero attached hydrogens (tertiary/aromatic N) is 4. The van der Waals surface area contributed by atoms with E-state index in [0.717, 1.165) is 21.3 Å². The van der Waals surface area contributed by atoms with E-state index in [4.69, 9.17) is 11.6 Å². The van der Waals surface area contributed by atoms with E-state index in [1.807, 2.05) is 35.4 Å². The lowest BCUT2D eigenvalue weighted by Crippen LogP contribution is -2.53. The highest BCUT2D eigenvalue weighted by molar-refractivity contribution is 7.92. The van der Waals surface area contributed by atoms with Crippen LogP contribution in [-0.4, -0.2) is 46.6 Å². The molecule has 0 saturated carbocycles. The summed E-state index contributed by atoms with van der Waals surface area (Å²) in [6, 6.07) is 7.51. The first-order valence-electron chi connectivity index (χ1n) is 7.85. The van der Waals surface area contributed by atoms with Crippen LogP contribution in [0.4, 0.5) is 5.13 Å². The molecule has 1 saturated heterocycles. The number of anilines is 1. The molecule has 9 heteroatoms. The molecule has 4 rings (SSSR count). The molecular formula is C16H17ClN4O2S2. The number of halogens is 1. The van der Waals surface area contributed by atoms with Gasteiger partial charge in [0.05, 0.1) is 22.4 Å². The molecule has 0 aliphatic carbocycles. The van der Waals surface area contributed by atoms with Gasteiger partial charge in [0.15, 0.2) is 9.84 Å². The average Bonchev–Trinajstić information content (AvgIpc) is 3.09. The van der Waals surface area contributed by atoms with Crippen molar-refractivity contribution < 1.29 is 8.42 Å². The molecule has 0 spiro atoms. The molecule has 0 bridgehead atoms. The van der Waals surface area contributed by atoms with Crippen LogP contribution in [0.1, 0.15) is 13.8 Å². The largest absolute Gasteiger partial charge is 0.344 e. The molecule has 0 radical (unpaired) electrons. The Morgan fingerprint density at radius 1 is 1.24 bits per heavy atom. The Hall–Kier alpha value is -1.64. The van der Waals surface area contributed by atoms with Gasteiger partial charge < -0.3 is 4.90 Å². The summed E-state index contributed by atoms with van der Waals surface area (Å²) < 4.78 is 25.3. The van der Waals surface area contributed by atoms with Gasteiger partial charge in [-0.2, -0.15) is 0 Å². The minimum absolute atomic E-state index is 0.151. The van der Waals surface area contributed by atoms with Crippen LogP contribution in [0, 0.1) is 0 Å². The Balaban J connectivity index is 1.63. The number of imidazole rings is 1. The number of benzene rings is 1. The molecule has 1 fully saturated rings. The van der Waals surface area contributed by atoms with Crippen LogP contribution in [-0.2, 0) is 9.84 Å². The van der Waals surface area contributed by atoms with E-state index < -0.39 is 14.6 Å². The quantitative estimate of drug-likeness (QED) is 0.665. The van der Waals surface area contributed by atoms with Crippen LogP contribution in [0.15, 0.2) is 30.5 Å². The summed E-state index contributed by atoms with van der Waals surface area (Å²) in [5.74, 6) is 0.151. The highest BCUT2D eigenvalue weighted by atomic mass is 35.5. The minimum atomic E-state index is -3.06. The van der Waals surface area contributed by atoms with Gasteiger partial charge in [0.25, 0.3) is 0 Å². The Kier molecular flexibility index (Phi) is 3.82. The second-order valence-electron chi connectivity index (χ2n) is 6.74. The van der Waals surface area contributed by atoms with E-state index in [1.54, 1.807) is 18.4 Å². The molecule has 0 amide bonds. The Morgan fingerprint density at radius 2 is 1.96 bits per heavy atom. The molecule has 25 heavy (non-hydrogen) atoms. The third-order valence-corrected chi connectivity index (χ3v) is 8.25. The van der Waals surface area contributed by atoms with Gasteiger partial charge in [-0.25, -0.2) is 17.9 Å². The third kappa shape index (κ3) is 2.92. The van der Waals surface area contributed by atoms with E-state index in [-0.39, 0.29) is 5.75 Å². The number of sulfone groups is 1. The SMILES string of the molecule is CC1(C)CN(c2nn3cc(-c4ccc(Cl)cc4)nc3s2)CCS1(=O)=O. The maximum absolute atomic E-state index is 12.2. The number of hydrogen-bond donors (Lipinski definition) is 0. The van der Waals surface area contributed by atoms with Gasteiger partial charge in [-0.3, -0.25) is 0 Å². The number of hydrogen-bond acceptors (Lipinski definition) is 6. The third-order valence-electron chi connectivity index (χ3n) is 4.49. The normalized spacial score (nSPS) is 19.4. The zero-order chi connectivity index (χ0) is 17.8. The first-order chi connectivity index (χ1) is 11.7. The second kappa shape index (κ2) is 5.69. The van der Waals surface area contributed by atoms with E-state index in [1.165, 1.54) is 11.3 Å². The van der Waals surface area contributed by atoms with Gasteiger partial charge in [0, 0.05) is 23.7 Å². The van der Waals surface area contributed by atoms with Gasteiger partial charge >= 0.3 is 0 Å². The summed E-state index contributed by atoms with van der Waals surface area (Å²) in [4.78, 5) is 7.44. The number of rotatable bonds is 2. The minimum Gasteiger partial charge on any atom is -0.344 e. The topological polar surface area (TPSA) is 67.6 Å². The molecule has 0 N–H and O–H groups in total. The first kappa shape index (κ1) is 16.8. The molecule has 3 aromatic rings. The summed E-state index contributed by atoms with van der Waals surface area (Å²) in [5.41, 5.74) is 1.82. The zero-order valence-corrected chi connectivity index (χ0v) is 16.2. The van der Waals surface area contributed by atoms with Gasteiger partial charge in [-0.05, 0) is 26.0 Å². The van der Waals surface area contributed by atoms with Crippen molar-refractivity contribution in [2.75, 3.05) is 23.7 Å². The molecule has 1 aromatic carbocycles. The van der Waals surface area contributed by atoms with Crippen molar-refractivity contribution in [1.29, 1.82) is 0 Å². The predicted molar refractivity (Wildman–Crippen MR) is 101 cm³/mol. The second-order valence-corrected chi connectivity index (χ2v) is 10.9. The van der Waals surface area contributed by atoms with Crippen molar-refractivity contribution >= 4 is 42.9 Å². The fraction of sp³-hybridized carbons (Fsp3) is 0.375. The van der Waals surface area contributed by atoms with Crippen LogP contribution >= 0.6 is 22.9 Å². The van der Waals surface area contributed by atoms with Gasteiger partial charge in [0.1, 0.15) is 0 Å². The van der Waals surface area contributed by atoms with Crippen LogP contribution in [0.3, 0.4) is 0 Å². The highest BCUT2D eigenvalue weighted by Crippen LogP contribution is 2.31. The summed E-state index contributed by atoms with van der Waals surface area (Å²) in [5, 5.41) is 6.08. The Morgan fingerprint density at radius 3 is 2.60 bits per heavy atom. The fourth-order valence-corrected chi connectivity index (χ4v) is 5.28. The molecule has 0 atom stereocenters. The van der Waals surface area contributed by atoms with E-state index in [0.29, 0.717) is 18.1 Å². The Labute approximate surface area is 155 Å². The summed E-state index contributed by atoms with van der Waals surface area (Å²) in [6.45, 7) is 4.44. The van der Waals surface area contributed by atoms with Crippen molar-refractivity contribution in [3.05, 3.63) is 35.5 Å². The number of fused-ring (bicyclic) bond motifs is 1. The number of aromatic nitrogens is 3. The smallest absolute Gasteiger partial charge is 0.214 e. The van der Waals surface area contributed by atoms with Crippen LogP contribution < -0.4 is 4.90 Å². The molecule has 3 heterocycles. The molecule has 1 aliphatic heterocycles. The maximum atomic E-state index is 12.2. The van der Waals surface area contributed by atoms with Crippen molar-refractivity contribution in [1.82, 2.24) is 14.6 Å². The molecule has 1 aliphatic rings. The molecule has 6 nitrogen and oxygen atoms in total. The lowest BCUT2D eigenvalue weighted by Gasteiger charge is -2.37. The Bertz CT molecular complexity index is 1010. The van der Waals surface area contributed by atoms with Gasteiger partial charge in [-0.1, -0.05) is 35.1 Å². The molecule has 0 unspecified atom stereocenters. The van der Waals surface area contributed by atoms with Crippen LogP contribution in [0.2, 0.25) is 5.02 Å². The van der Waals surface area contributed by atoms with Crippen LogP contribution in [0.25, 0.3) is 16.2 Å². The fourth-order valence-electron chi connectivity index (χ4n) is 2.88. The predicted octanol–water partition coefficient (Wildman–Crippen LogP) is 3.12. The zero-order valence-electron chi connectivity index (χ0n) is 13.8. The standard InChI is InChI=1S/C16H17ClN4O2S2/c1-16(2)10-20(7-8-25(16,22)23)15-19-21-9-13(18-14(21)24-15)11-3-5-12(17)6-4-11/h3-6,9H,7-8,10H2,1-2H3. The summed E-state index contributed by atoms with van der Waals surface area (Å²) in [6.07, 6.45) is 1.88. The van der Waals surface area contributed by atoms with Crippen molar-refractivity contribution in [2.24, 2.45) is 0 Å². The monoisotopic (exact) mass is 396 g/mol. The van der Waals surface area contributed by atoms with Gasteiger partial charge in [-0.15, -0.1) is 5.10 Å². The molecular weight excluding hydrogens is 380 g/mol. The van der Waals surface area contributed by atoms with Crippen molar-refractivity contribution in [3.63, 3.8) is 0 Å². The van der Waals surface area contributed by atoms with Crippen molar-refractivity contribution in [3.8, 4) is 11.3 Å². The molecule has 132 valence electrons. The average molecular weight is 397 g/mol. The van der Waals surface area contributed by atoms with E-state index >= 15 is 0 Å². The first-order valence-corrected chi connectivity index (χ1v) is 10.7. The van der Waals surface area contributed by atoms with Gasteiger partial charge in [0.2, 0.25) is 10.1 Å². The summed E-state index contributed by atoms with van der Waals surface area (Å²) in [7, 11) is -3.06. The highest BCUT2D eigenvalue weighted by Gasteiger charge is 2.41. The lowest BCUT2D eigenvalue weighted by molar-refractivity contribution is 0.522. The molecule has 2 aromatic heterocycles. The van der Waals surface area contributed by atoms with E-state index in [2.05, 4.69) is 10.1 Å².